The zero-order valence-corrected chi connectivity index (χ0v) is 20.3. The van der Waals surface area contributed by atoms with Gasteiger partial charge in [-0.2, -0.15) is 0 Å². The number of benzene rings is 1. The number of rotatable bonds is 7. The molecule has 2 aliphatic rings. The zero-order chi connectivity index (χ0) is 24.8. The fourth-order valence-corrected chi connectivity index (χ4v) is 5.05. The summed E-state index contributed by atoms with van der Waals surface area (Å²) in [6.45, 7) is 4.60. The van der Waals surface area contributed by atoms with Crippen molar-refractivity contribution in [1.82, 2.24) is 25.1 Å². The molecule has 1 N–H and O–H groups in total. The molecule has 0 saturated carbocycles. The van der Waals surface area contributed by atoms with Gasteiger partial charge >= 0.3 is 6.03 Å². The largest absolute Gasteiger partial charge is 0.337 e. The van der Waals surface area contributed by atoms with Crippen LogP contribution in [0.3, 0.4) is 0 Å². The fraction of sp³-hybridized carbons (Fsp3) is 0.444. The molecule has 2 fully saturated rings. The highest BCUT2D eigenvalue weighted by atomic mass is 16.2. The fourth-order valence-electron chi connectivity index (χ4n) is 5.05. The van der Waals surface area contributed by atoms with Gasteiger partial charge in [-0.15, -0.1) is 5.92 Å². The van der Waals surface area contributed by atoms with Crippen LogP contribution in [-0.2, 0) is 11.2 Å². The van der Waals surface area contributed by atoms with Crippen molar-refractivity contribution < 1.29 is 14.4 Å². The predicted molar refractivity (Wildman–Crippen MR) is 131 cm³/mol. The van der Waals surface area contributed by atoms with Crippen LogP contribution >= 0.6 is 0 Å². The van der Waals surface area contributed by atoms with Gasteiger partial charge < -0.3 is 10.2 Å². The van der Waals surface area contributed by atoms with Gasteiger partial charge in [0.05, 0.1) is 18.4 Å². The van der Waals surface area contributed by atoms with Crippen LogP contribution in [0.1, 0.15) is 54.4 Å². The number of carbonyl (C=O) groups excluding carboxylic acids is 3. The molecule has 1 aromatic carbocycles. The lowest BCUT2D eigenvalue weighted by atomic mass is 9.74. The van der Waals surface area contributed by atoms with Crippen molar-refractivity contribution in [3.05, 3.63) is 59.7 Å². The number of carbonyl (C=O) groups is 3. The molecule has 8 nitrogen and oxygen atoms in total. The van der Waals surface area contributed by atoms with Crippen molar-refractivity contribution in [2.75, 3.05) is 19.6 Å². The second-order valence-corrected chi connectivity index (χ2v) is 9.17. The minimum absolute atomic E-state index is 0.0672. The highest BCUT2D eigenvalue weighted by Gasteiger charge is 2.55. The summed E-state index contributed by atoms with van der Waals surface area (Å²) in [7, 11) is 0. The lowest BCUT2D eigenvalue weighted by Gasteiger charge is -2.41. The molecular formula is C27H31N5O3. The van der Waals surface area contributed by atoms with E-state index in [-0.39, 0.29) is 30.3 Å². The van der Waals surface area contributed by atoms with Crippen LogP contribution in [0.4, 0.5) is 4.79 Å². The second kappa shape index (κ2) is 10.7. The number of nitrogens with zero attached hydrogens (tertiary/aromatic N) is 4. The summed E-state index contributed by atoms with van der Waals surface area (Å²) in [4.78, 5) is 50.7. The van der Waals surface area contributed by atoms with Gasteiger partial charge in [0.2, 0.25) is 0 Å². The highest BCUT2D eigenvalue weighted by molar-refractivity contribution is 6.07. The minimum Gasteiger partial charge on any atom is -0.337 e. The molecule has 1 aromatic heterocycles. The smallest absolute Gasteiger partial charge is 0.325 e. The Bertz CT molecular complexity index is 1130. The molecule has 2 aliphatic heterocycles. The summed E-state index contributed by atoms with van der Waals surface area (Å²) in [6, 6.07) is 9.75. The SMILES string of the molecule is CC#CCN1C(=O)NC(CCCc2ccccc2)(C2CCN(C(=O)c3cnc(C)cn3)CC2)C1=O. The molecule has 182 valence electrons. The van der Waals surface area contributed by atoms with Crippen LogP contribution in [0.25, 0.3) is 0 Å². The molecule has 2 aromatic rings. The number of aromatic nitrogens is 2. The Balaban J connectivity index is 1.48. The Kier molecular flexibility index (Phi) is 7.45. The highest BCUT2D eigenvalue weighted by Crippen LogP contribution is 2.37. The van der Waals surface area contributed by atoms with E-state index in [1.165, 1.54) is 16.7 Å². The maximum Gasteiger partial charge on any atom is 0.325 e. The number of imide groups is 1. The molecule has 3 heterocycles. The Hall–Kier alpha value is -3.73. The Labute approximate surface area is 206 Å². The molecule has 1 unspecified atom stereocenters. The molecule has 0 radical (unpaired) electrons. The molecule has 2 saturated heterocycles. The van der Waals surface area contributed by atoms with E-state index in [1.54, 1.807) is 18.0 Å². The molecule has 0 bridgehead atoms. The minimum atomic E-state index is -0.972. The summed E-state index contributed by atoms with van der Waals surface area (Å²) in [5.41, 5.74) is 1.31. The van der Waals surface area contributed by atoms with Crippen molar-refractivity contribution in [2.24, 2.45) is 5.92 Å². The van der Waals surface area contributed by atoms with E-state index in [2.05, 4.69) is 39.3 Å². The zero-order valence-electron chi connectivity index (χ0n) is 20.3. The van der Waals surface area contributed by atoms with Crippen LogP contribution in [0, 0.1) is 24.7 Å². The van der Waals surface area contributed by atoms with Crippen LogP contribution < -0.4 is 5.32 Å². The first-order valence-electron chi connectivity index (χ1n) is 12.1. The van der Waals surface area contributed by atoms with Gasteiger partial charge in [0.15, 0.2) is 0 Å². The van der Waals surface area contributed by atoms with Crippen molar-refractivity contribution in [2.45, 2.75) is 51.5 Å². The quantitative estimate of drug-likeness (QED) is 0.493. The summed E-state index contributed by atoms with van der Waals surface area (Å²) in [6.07, 6.45) is 6.46. The third-order valence-corrected chi connectivity index (χ3v) is 6.97. The molecule has 4 rings (SSSR count). The Morgan fingerprint density at radius 2 is 1.89 bits per heavy atom. The van der Waals surface area contributed by atoms with E-state index < -0.39 is 5.54 Å². The molecular weight excluding hydrogens is 442 g/mol. The average molecular weight is 474 g/mol. The van der Waals surface area contributed by atoms with Gasteiger partial charge in [-0.3, -0.25) is 19.5 Å². The first kappa shape index (κ1) is 24.4. The number of amides is 4. The molecule has 1 atom stereocenters. The summed E-state index contributed by atoms with van der Waals surface area (Å²) in [5.74, 6) is 5.19. The Morgan fingerprint density at radius 3 is 2.54 bits per heavy atom. The van der Waals surface area contributed by atoms with E-state index >= 15 is 0 Å². The number of nitrogens with one attached hydrogen (secondary N) is 1. The molecule has 4 amide bonds. The van der Waals surface area contributed by atoms with Gasteiger partial charge in [0.25, 0.3) is 11.8 Å². The van der Waals surface area contributed by atoms with E-state index in [0.29, 0.717) is 38.0 Å². The summed E-state index contributed by atoms with van der Waals surface area (Å²) in [5, 5.41) is 3.06. The molecule has 0 aliphatic carbocycles. The van der Waals surface area contributed by atoms with Crippen LogP contribution in [-0.4, -0.2) is 62.8 Å². The van der Waals surface area contributed by atoms with Gasteiger partial charge in [0, 0.05) is 19.3 Å². The summed E-state index contributed by atoms with van der Waals surface area (Å²) < 4.78 is 0. The predicted octanol–water partition coefficient (Wildman–Crippen LogP) is 2.97. The van der Waals surface area contributed by atoms with Gasteiger partial charge in [-0.25, -0.2) is 9.78 Å². The Morgan fingerprint density at radius 1 is 1.14 bits per heavy atom. The number of aryl methyl sites for hydroxylation is 2. The van der Waals surface area contributed by atoms with E-state index in [4.69, 9.17) is 0 Å². The van der Waals surface area contributed by atoms with Gasteiger partial charge in [-0.1, -0.05) is 36.3 Å². The van der Waals surface area contributed by atoms with Crippen LogP contribution in [0.2, 0.25) is 0 Å². The van der Waals surface area contributed by atoms with Gasteiger partial charge in [0.1, 0.15) is 11.2 Å². The molecule has 0 spiro atoms. The first-order chi connectivity index (χ1) is 16.9. The van der Waals surface area contributed by atoms with E-state index in [1.807, 2.05) is 25.1 Å². The second-order valence-electron chi connectivity index (χ2n) is 9.17. The maximum absolute atomic E-state index is 13.6. The normalized spacial score (nSPS) is 20.4. The van der Waals surface area contributed by atoms with Crippen LogP contribution in [0.5, 0.6) is 0 Å². The number of piperidine rings is 1. The van der Waals surface area contributed by atoms with Crippen molar-refractivity contribution in [3.8, 4) is 11.8 Å². The molecule has 8 heteroatoms. The maximum atomic E-state index is 13.6. The topological polar surface area (TPSA) is 95.5 Å². The third kappa shape index (κ3) is 5.19. The number of hydrogen-bond donors (Lipinski definition) is 1. The van der Waals surface area contributed by atoms with Gasteiger partial charge in [-0.05, 0) is 57.4 Å². The average Bonchev–Trinajstić information content (AvgIpc) is 3.13. The lowest BCUT2D eigenvalue weighted by Crippen LogP contribution is -2.56. The standard InChI is InChI=1S/C27H31N5O3/c1-3-4-15-32-25(34)27(30-26(32)35,14-8-11-21-9-6-5-7-10-21)22-12-16-31(17-13-22)24(33)23-19-28-20(2)18-29-23/h5-7,9-10,18-19,22H,8,11-17H2,1-2H3,(H,30,35). The first-order valence-corrected chi connectivity index (χ1v) is 12.1. The monoisotopic (exact) mass is 473 g/mol. The molecule has 35 heavy (non-hydrogen) atoms. The van der Waals surface area contributed by atoms with Crippen molar-refractivity contribution >= 4 is 17.8 Å². The summed E-state index contributed by atoms with van der Waals surface area (Å²) >= 11 is 0. The number of urea groups is 1. The third-order valence-electron chi connectivity index (χ3n) is 6.97. The van der Waals surface area contributed by atoms with Crippen molar-refractivity contribution in [1.29, 1.82) is 0 Å². The lowest BCUT2D eigenvalue weighted by molar-refractivity contribution is -0.133. The number of likely N-dealkylation sites (tertiary alicyclic amines) is 1. The number of hydrogen-bond acceptors (Lipinski definition) is 5. The van der Waals surface area contributed by atoms with Crippen LogP contribution in [0.15, 0.2) is 42.7 Å². The van der Waals surface area contributed by atoms with E-state index in [9.17, 15) is 14.4 Å². The van der Waals surface area contributed by atoms with Crippen molar-refractivity contribution in [3.63, 3.8) is 0 Å². The van der Waals surface area contributed by atoms with E-state index in [0.717, 1.165) is 18.5 Å².